The van der Waals surface area contributed by atoms with Crippen molar-refractivity contribution in [1.29, 1.82) is 0 Å². The molecule has 1 heterocycles. The summed E-state index contributed by atoms with van der Waals surface area (Å²) in [6.07, 6.45) is 2.58. The second-order valence-electron chi connectivity index (χ2n) is 4.97. The van der Waals surface area contributed by atoms with Crippen molar-refractivity contribution in [2.75, 3.05) is 31.8 Å². The van der Waals surface area contributed by atoms with Crippen LogP contribution >= 0.6 is 0 Å². The number of amides is 2. The van der Waals surface area contributed by atoms with Crippen LogP contribution in [0.25, 0.3) is 0 Å². The molecule has 1 unspecified atom stereocenters. The van der Waals surface area contributed by atoms with Crippen molar-refractivity contribution in [3.05, 3.63) is 0 Å². The summed E-state index contributed by atoms with van der Waals surface area (Å²) in [5.41, 5.74) is 0. The van der Waals surface area contributed by atoms with Gasteiger partial charge >= 0.3 is 6.03 Å². The van der Waals surface area contributed by atoms with E-state index in [1.165, 1.54) is 0 Å². The minimum atomic E-state index is -2.95. The van der Waals surface area contributed by atoms with E-state index >= 15 is 0 Å². The number of carbonyl (C=O) groups excluding carboxylic acids is 1. The Balaban J connectivity index is 1.85. The fraction of sp³-hybridized carbons (Fsp3) is 0.909. The van der Waals surface area contributed by atoms with Gasteiger partial charge in [0.1, 0.15) is 0 Å². The van der Waals surface area contributed by atoms with Crippen LogP contribution in [0.1, 0.15) is 19.3 Å². The van der Waals surface area contributed by atoms with Crippen LogP contribution in [0.2, 0.25) is 0 Å². The first-order valence-corrected chi connectivity index (χ1v) is 8.10. The summed E-state index contributed by atoms with van der Waals surface area (Å²) in [6.45, 7) is 1.07. The summed E-state index contributed by atoms with van der Waals surface area (Å²) in [5.74, 6) is 0.251. The molecule has 18 heavy (non-hydrogen) atoms. The molecule has 1 aliphatic carbocycles. The fourth-order valence-electron chi connectivity index (χ4n) is 2.19. The molecule has 104 valence electrons. The molecule has 1 saturated carbocycles. The predicted octanol–water partition coefficient (Wildman–Crippen LogP) is -0.00610. The number of sulfone groups is 1. The second-order valence-corrected chi connectivity index (χ2v) is 7.20. The number of nitrogens with one attached hydrogen (secondary N) is 1. The predicted molar refractivity (Wildman–Crippen MR) is 67.2 cm³/mol. The monoisotopic (exact) mass is 276 g/mol. The van der Waals surface area contributed by atoms with E-state index < -0.39 is 9.84 Å². The maximum Gasteiger partial charge on any atom is 0.317 e. The van der Waals surface area contributed by atoms with Gasteiger partial charge in [0.15, 0.2) is 9.84 Å². The molecule has 0 aromatic heterocycles. The standard InChI is InChI=1S/C11H20N2O4S/c1-17-6-5-13(10-2-3-10)11(14)12-9-4-7-18(15,16)8-9/h9-10H,2-8H2,1H3,(H,12,14). The quantitative estimate of drug-likeness (QED) is 0.766. The van der Waals surface area contributed by atoms with E-state index in [4.69, 9.17) is 4.74 Å². The highest BCUT2D eigenvalue weighted by atomic mass is 32.2. The lowest BCUT2D eigenvalue weighted by Crippen LogP contribution is -2.47. The first-order chi connectivity index (χ1) is 8.52. The van der Waals surface area contributed by atoms with Gasteiger partial charge in [0, 0.05) is 25.7 Å². The van der Waals surface area contributed by atoms with E-state index in [0.29, 0.717) is 25.6 Å². The minimum absolute atomic E-state index is 0.0710. The normalized spacial score (nSPS) is 25.9. The maximum absolute atomic E-state index is 12.1. The molecule has 6 nitrogen and oxygen atoms in total. The van der Waals surface area contributed by atoms with Gasteiger partial charge < -0.3 is 15.0 Å². The molecule has 1 N–H and O–H groups in total. The summed E-state index contributed by atoms with van der Waals surface area (Å²) in [7, 11) is -1.34. The molecule has 0 bridgehead atoms. The zero-order valence-electron chi connectivity index (χ0n) is 10.6. The SMILES string of the molecule is COCCN(C(=O)NC1CCS(=O)(=O)C1)C1CC1. The van der Waals surface area contributed by atoms with Crippen molar-refractivity contribution >= 4 is 15.9 Å². The zero-order chi connectivity index (χ0) is 13.2. The first-order valence-electron chi connectivity index (χ1n) is 6.28. The van der Waals surface area contributed by atoms with Crippen molar-refractivity contribution < 1.29 is 17.9 Å². The van der Waals surface area contributed by atoms with Crippen LogP contribution in [-0.2, 0) is 14.6 Å². The van der Waals surface area contributed by atoms with Gasteiger partial charge in [-0.05, 0) is 19.3 Å². The number of urea groups is 1. The maximum atomic E-state index is 12.1. The molecule has 0 radical (unpaired) electrons. The van der Waals surface area contributed by atoms with Crippen LogP contribution in [0.15, 0.2) is 0 Å². The Kier molecular flexibility index (Phi) is 4.11. The molecule has 7 heteroatoms. The smallest absolute Gasteiger partial charge is 0.317 e. The van der Waals surface area contributed by atoms with Crippen LogP contribution in [0.3, 0.4) is 0 Å². The Morgan fingerprint density at radius 1 is 1.39 bits per heavy atom. The van der Waals surface area contributed by atoms with Gasteiger partial charge in [0.2, 0.25) is 0 Å². The van der Waals surface area contributed by atoms with Gasteiger partial charge in [-0.3, -0.25) is 0 Å². The van der Waals surface area contributed by atoms with Crippen LogP contribution in [-0.4, -0.2) is 63.2 Å². The number of hydrogen-bond donors (Lipinski definition) is 1. The first kappa shape index (κ1) is 13.6. The van der Waals surface area contributed by atoms with Crippen LogP contribution in [0.5, 0.6) is 0 Å². The van der Waals surface area contributed by atoms with Crippen LogP contribution in [0.4, 0.5) is 4.79 Å². The highest BCUT2D eigenvalue weighted by Crippen LogP contribution is 2.26. The summed E-state index contributed by atoms with van der Waals surface area (Å²) < 4.78 is 27.6. The van der Waals surface area contributed by atoms with Gasteiger partial charge in [-0.25, -0.2) is 13.2 Å². The molecule has 2 rings (SSSR count). The third-order valence-electron chi connectivity index (χ3n) is 3.34. The fourth-order valence-corrected chi connectivity index (χ4v) is 3.87. The van der Waals surface area contributed by atoms with E-state index in [-0.39, 0.29) is 23.6 Å². The Labute approximate surface area is 108 Å². The van der Waals surface area contributed by atoms with Gasteiger partial charge in [-0.1, -0.05) is 0 Å². The topological polar surface area (TPSA) is 75.7 Å². The molecule has 1 atom stereocenters. The largest absolute Gasteiger partial charge is 0.383 e. The lowest BCUT2D eigenvalue weighted by Gasteiger charge is -2.24. The second kappa shape index (κ2) is 5.44. The van der Waals surface area contributed by atoms with Gasteiger partial charge in [-0.2, -0.15) is 0 Å². The van der Waals surface area contributed by atoms with Gasteiger partial charge in [0.25, 0.3) is 0 Å². The Hall–Kier alpha value is -0.820. The third-order valence-corrected chi connectivity index (χ3v) is 5.11. The Morgan fingerprint density at radius 2 is 2.11 bits per heavy atom. The van der Waals surface area contributed by atoms with E-state index in [0.717, 1.165) is 12.8 Å². The average molecular weight is 276 g/mol. The van der Waals surface area contributed by atoms with Crippen molar-refractivity contribution in [3.8, 4) is 0 Å². The van der Waals surface area contributed by atoms with E-state index in [2.05, 4.69) is 5.32 Å². The molecule has 2 amide bonds. The molecule has 2 aliphatic rings. The van der Waals surface area contributed by atoms with E-state index in [1.54, 1.807) is 12.0 Å². The van der Waals surface area contributed by atoms with Crippen molar-refractivity contribution in [2.45, 2.75) is 31.3 Å². The minimum Gasteiger partial charge on any atom is -0.383 e. The number of nitrogens with zero attached hydrogens (tertiary/aromatic N) is 1. The molecule has 1 saturated heterocycles. The average Bonchev–Trinajstić information content (AvgIpc) is 3.05. The van der Waals surface area contributed by atoms with Crippen molar-refractivity contribution in [2.24, 2.45) is 0 Å². The highest BCUT2D eigenvalue weighted by molar-refractivity contribution is 7.91. The summed E-state index contributed by atoms with van der Waals surface area (Å²) >= 11 is 0. The summed E-state index contributed by atoms with van der Waals surface area (Å²) in [5, 5.41) is 2.82. The van der Waals surface area contributed by atoms with Crippen molar-refractivity contribution in [1.82, 2.24) is 10.2 Å². The highest BCUT2D eigenvalue weighted by Gasteiger charge is 2.35. The van der Waals surface area contributed by atoms with Crippen LogP contribution < -0.4 is 5.32 Å². The van der Waals surface area contributed by atoms with Gasteiger partial charge in [0.05, 0.1) is 18.1 Å². The molecular weight excluding hydrogens is 256 g/mol. The third kappa shape index (κ3) is 3.58. The Morgan fingerprint density at radius 3 is 2.61 bits per heavy atom. The summed E-state index contributed by atoms with van der Waals surface area (Å²) in [4.78, 5) is 13.8. The molecule has 0 aromatic rings. The molecular formula is C11H20N2O4S. The number of methoxy groups -OCH3 is 1. The lowest BCUT2D eigenvalue weighted by molar-refractivity contribution is 0.145. The summed E-state index contributed by atoms with van der Waals surface area (Å²) in [6, 6.07) is -0.0823. The number of carbonyl (C=O) groups is 1. The van der Waals surface area contributed by atoms with Crippen LogP contribution in [0, 0.1) is 0 Å². The molecule has 2 fully saturated rings. The molecule has 1 aliphatic heterocycles. The van der Waals surface area contributed by atoms with Gasteiger partial charge in [-0.15, -0.1) is 0 Å². The van der Waals surface area contributed by atoms with E-state index in [1.807, 2.05) is 0 Å². The number of hydrogen-bond acceptors (Lipinski definition) is 4. The van der Waals surface area contributed by atoms with Crippen molar-refractivity contribution in [3.63, 3.8) is 0 Å². The number of rotatable bonds is 5. The molecule has 0 spiro atoms. The zero-order valence-corrected chi connectivity index (χ0v) is 11.4. The Bertz CT molecular complexity index is 405. The van der Waals surface area contributed by atoms with E-state index in [9.17, 15) is 13.2 Å². The lowest BCUT2D eigenvalue weighted by atomic mass is 10.3. The molecule has 0 aromatic carbocycles. The number of ether oxygens (including phenoxy) is 1.